The average Bonchev–Trinajstić information content (AvgIpc) is 3.19. The van der Waals surface area contributed by atoms with E-state index in [-0.39, 0.29) is 6.04 Å². The fourth-order valence-electron chi connectivity index (χ4n) is 3.24. The number of nitrogens with one attached hydrogen (secondary N) is 2. The Kier molecular flexibility index (Phi) is 7.66. The number of H-pyrrole nitrogens is 1. The highest BCUT2D eigenvalue weighted by atomic mass is 79.9. The van der Waals surface area contributed by atoms with Crippen LogP contribution in [-0.4, -0.2) is 9.97 Å². The minimum absolute atomic E-state index is 0.242. The Morgan fingerprint density at radius 2 is 1.78 bits per heavy atom. The molecule has 0 fully saturated rings. The topological polar surface area (TPSA) is 40.7 Å². The monoisotopic (exact) mass is 425 g/mol. The van der Waals surface area contributed by atoms with Crippen molar-refractivity contribution in [1.82, 2.24) is 15.3 Å². The molecule has 0 saturated heterocycles. The Hall–Kier alpha value is -1.91. The van der Waals surface area contributed by atoms with Gasteiger partial charge in [0.2, 0.25) is 0 Å². The van der Waals surface area contributed by atoms with E-state index < -0.39 is 0 Å². The van der Waals surface area contributed by atoms with Crippen LogP contribution >= 0.6 is 15.9 Å². The summed E-state index contributed by atoms with van der Waals surface area (Å²) < 4.78 is 1.09. The van der Waals surface area contributed by atoms with Gasteiger partial charge in [-0.1, -0.05) is 91.0 Å². The summed E-state index contributed by atoms with van der Waals surface area (Å²) in [6, 6.07) is 19.1. The van der Waals surface area contributed by atoms with E-state index in [1.54, 1.807) is 0 Å². The lowest BCUT2D eigenvalue weighted by atomic mass is 10.1. The van der Waals surface area contributed by atoms with Gasteiger partial charge >= 0.3 is 0 Å². The molecule has 1 heterocycles. The van der Waals surface area contributed by atoms with E-state index in [4.69, 9.17) is 4.98 Å². The molecule has 3 nitrogen and oxygen atoms in total. The summed E-state index contributed by atoms with van der Waals surface area (Å²) in [6.45, 7) is 3.11. The van der Waals surface area contributed by atoms with Gasteiger partial charge in [-0.15, -0.1) is 0 Å². The molecule has 1 atom stereocenters. The van der Waals surface area contributed by atoms with Crippen molar-refractivity contribution >= 4 is 15.9 Å². The molecule has 1 aromatic heterocycles. The second kappa shape index (κ2) is 10.4. The summed E-state index contributed by atoms with van der Waals surface area (Å²) in [5.41, 5.74) is 3.53. The summed E-state index contributed by atoms with van der Waals surface area (Å²) in [5, 5.41) is 3.70. The van der Waals surface area contributed by atoms with E-state index >= 15 is 0 Å². The number of aromatic amines is 1. The molecule has 142 valence electrons. The van der Waals surface area contributed by atoms with E-state index in [1.807, 2.05) is 6.20 Å². The van der Waals surface area contributed by atoms with E-state index in [9.17, 15) is 0 Å². The Labute approximate surface area is 170 Å². The Bertz CT molecular complexity index is 796. The Balaban J connectivity index is 1.70. The standard InChI is InChI=1S/C23H28BrN3/c1-2-3-4-8-11-21(25-16-18-9-6-5-7-10-18)23-26-17-22(27-23)19-12-14-20(24)15-13-19/h5-7,9-10,12-15,17,21,25H,2-4,8,11,16H2,1H3,(H,26,27)/t21-/m1/s1. The molecule has 2 aromatic carbocycles. The quantitative estimate of drug-likeness (QED) is 0.357. The predicted molar refractivity (Wildman–Crippen MR) is 117 cm³/mol. The summed E-state index contributed by atoms with van der Waals surface area (Å²) in [6.07, 6.45) is 8.10. The largest absolute Gasteiger partial charge is 0.341 e. The Morgan fingerprint density at radius 3 is 2.52 bits per heavy atom. The van der Waals surface area contributed by atoms with Crippen LogP contribution in [0.25, 0.3) is 11.3 Å². The van der Waals surface area contributed by atoms with Crippen LogP contribution in [0.1, 0.15) is 56.5 Å². The van der Waals surface area contributed by atoms with Crippen molar-refractivity contribution in [3.8, 4) is 11.3 Å². The molecule has 0 radical (unpaired) electrons. The van der Waals surface area contributed by atoms with E-state index in [0.717, 1.165) is 34.5 Å². The highest BCUT2D eigenvalue weighted by Crippen LogP contribution is 2.24. The number of hydrogen-bond acceptors (Lipinski definition) is 2. The zero-order valence-electron chi connectivity index (χ0n) is 15.9. The summed E-state index contributed by atoms with van der Waals surface area (Å²) in [5.74, 6) is 1.03. The molecule has 2 N–H and O–H groups in total. The number of unbranched alkanes of at least 4 members (excludes halogenated alkanes) is 3. The molecule has 3 rings (SSSR count). The van der Waals surface area contributed by atoms with Crippen LogP contribution in [-0.2, 0) is 6.54 Å². The number of aromatic nitrogens is 2. The maximum atomic E-state index is 4.70. The van der Waals surface area contributed by atoms with Gasteiger partial charge in [-0.25, -0.2) is 4.98 Å². The zero-order chi connectivity index (χ0) is 18.9. The molecule has 0 aliphatic carbocycles. The van der Waals surface area contributed by atoms with Crippen LogP contribution in [0.5, 0.6) is 0 Å². The molecule has 3 aromatic rings. The number of benzene rings is 2. The Morgan fingerprint density at radius 1 is 1.00 bits per heavy atom. The second-order valence-electron chi connectivity index (χ2n) is 6.96. The van der Waals surface area contributed by atoms with Crippen LogP contribution in [0.15, 0.2) is 65.3 Å². The molecule has 0 aliphatic heterocycles. The predicted octanol–water partition coefficient (Wildman–Crippen LogP) is 6.64. The van der Waals surface area contributed by atoms with E-state index in [2.05, 4.69) is 87.8 Å². The van der Waals surface area contributed by atoms with E-state index in [0.29, 0.717) is 0 Å². The van der Waals surface area contributed by atoms with Crippen molar-refractivity contribution in [2.75, 3.05) is 0 Å². The van der Waals surface area contributed by atoms with Crippen molar-refractivity contribution in [3.63, 3.8) is 0 Å². The number of halogens is 1. The van der Waals surface area contributed by atoms with Gasteiger partial charge in [0.1, 0.15) is 5.82 Å². The molecule has 4 heteroatoms. The SMILES string of the molecule is CCCCCC[C@@H](NCc1ccccc1)c1ncc(-c2ccc(Br)cc2)[nH]1. The third-order valence-electron chi connectivity index (χ3n) is 4.82. The van der Waals surface area contributed by atoms with Crippen molar-refractivity contribution in [3.05, 3.63) is 76.7 Å². The second-order valence-corrected chi connectivity index (χ2v) is 7.87. The van der Waals surface area contributed by atoms with Gasteiger partial charge in [0, 0.05) is 11.0 Å². The molecule has 0 amide bonds. The molecular formula is C23H28BrN3. The normalized spacial score (nSPS) is 12.2. The van der Waals surface area contributed by atoms with Gasteiger partial charge in [-0.05, 0) is 29.7 Å². The smallest absolute Gasteiger partial charge is 0.123 e. The molecule has 0 aliphatic rings. The first-order valence-corrected chi connectivity index (χ1v) is 10.6. The lowest BCUT2D eigenvalue weighted by Crippen LogP contribution is -2.22. The van der Waals surface area contributed by atoms with Gasteiger partial charge in [0.05, 0.1) is 17.9 Å². The van der Waals surface area contributed by atoms with Crippen molar-refractivity contribution in [2.24, 2.45) is 0 Å². The van der Waals surface area contributed by atoms with Crippen LogP contribution < -0.4 is 5.32 Å². The molecular weight excluding hydrogens is 398 g/mol. The van der Waals surface area contributed by atoms with Crippen molar-refractivity contribution in [1.29, 1.82) is 0 Å². The molecule has 0 bridgehead atoms. The van der Waals surface area contributed by atoms with Gasteiger partial charge in [0.15, 0.2) is 0 Å². The highest BCUT2D eigenvalue weighted by Gasteiger charge is 2.15. The van der Waals surface area contributed by atoms with Crippen molar-refractivity contribution in [2.45, 2.75) is 51.6 Å². The first kappa shape index (κ1) is 19.8. The fourth-order valence-corrected chi connectivity index (χ4v) is 3.50. The lowest BCUT2D eigenvalue weighted by Gasteiger charge is -2.17. The first-order valence-electron chi connectivity index (χ1n) is 9.84. The third-order valence-corrected chi connectivity index (χ3v) is 5.35. The molecule has 27 heavy (non-hydrogen) atoms. The average molecular weight is 426 g/mol. The van der Waals surface area contributed by atoms with Crippen LogP contribution in [0.2, 0.25) is 0 Å². The minimum Gasteiger partial charge on any atom is -0.341 e. The number of hydrogen-bond donors (Lipinski definition) is 2. The number of rotatable bonds is 10. The number of nitrogens with zero attached hydrogens (tertiary/aromatic N) is 1. The first-order chi connectivity index (χ1) is 13.3. The highest BCUT2D eigenvalue weighted by molar-refractivity contribution is 9.10. The van der Waals surface area contributed by atoms with Crippen LogP contribution in [0.4, 0.5) is 0 Å². The maximum absolute atomic E-state index is 4.70. The lowest BCUT2D eigenvalue weighted by molar-refractivity contribution is 0.453. The van der Waals surface area contributed by atoms with E-state index in [1.165, 1.54) is 31.2 Å². The fraction of sp³-hybridized carbons (Fsp3) is 0.348. The third kappa shape index (κ3) is 6.05. The van der Waals surface area contributed by atoms with Crippen LogP contribution in [0.3, 0.4) is 0 Å². The molecule has 0 saturated carbocycles. The summed E-state index contributed by atoms with van der Waals surface area (Å²) in [4.78, 5) is 8.23. The molecule has 0 unspecified atom stereocenters. The van der Waals surface area contributed by atoms with Crippen molar-refractivity contribution < 1.29 is 0 Å². The van der Waals surface area contributed by atoms with Gasteiger partial charge in [-0.2, -0.15) is 0 Å². The van der Waals surface area contributed by atoms with Gasteiger partial charge in [-0.3, -0.25) is 0 Å². The summed E-state index contributed by atoms with van der Waals surface area (Å²) in [7, 11) is 0. The minimum atomic E-state index is 0.242. The van der Waals surface area contributed by atoms with Crippen LogP contribution in [0, 0.1) is 0 Å². The zero-order valence-corrected chi connectivity index (χ0v) is 17.5. The number of imidazole rings is 1. The maximum Gasteiger partial charge on any atom is 0.123 e. The molecule has 0 spiro atoms. The van der Waals surface area contributed by atoms with Gasteiger partial charge < -0.3 is 10.3 Å². The summed E-state index contributed by atoms with van der Waals surface area (Å²) >= 11 is 3.49. The van der Waals surface area contributed by atoms with Gasteiger partial charge in [0.25, 0.3) is 0 Å².